The third kappa shape index (κ3) is 9.89. The molecule has 4 heteroatoms. The van der Waals surface area contributed by atoms with Crippen molar-refractivity contribution in [3.8, 4) is 0 Å². The Hall–Kier alpha value is 0.742. The molecule has 0 saturated carbocycles. The van der Waals surface area contributed by atoms with E-state index in [1.807, 2.05) is 13.8 Å². The van der Waals surface area contributed by atoms with Crippen LogP contribution in [0.2, 0.25) is 0 Å². The van der Waals surface area contributed by atoms with Gasteiger partial charge in [0, 0.05) is 13.2 Å². The SMILES string of the molecule is CC[O][Al][O]CC.Cl. The monoisotopic (exact) mass is 153 g/mol. The van der Waals surface area contributed by atoms with Crippen molar-refractivity contribution < 1.29 is 7.58 Å². The van der Waals surface area contributed by atoms with Gasteiger partial charge in [0.05, 0.1) is 0 Å². The fourth-order valence-electron chi connectivity index (χ4n) is 0.184. The molecule has 0 atom stereocenters. The van der Waals surface area contributed by atoms with Crippen LogP contribution in [0.15, 0.2) is 0 Å². The summed E-state index contributed by atoms with van der Waals surface area (Å²) in [7, 11) is 0. The van der Waals surface area contributed by atoms with E-state index in [2.05, 4.69) is 0 Å². The molecule has 0 aliphatic carbocycles. The number of hydrogen-bond acceptors (Lipinski definition) is 2. The Labute approximate surface area is 63.3 Å². The lowest BCUT2D eigenvalue weighted by molar-refractivity contribution is 0.240. The van der Waals surface area contributed by atoms with Crippen LogP contribution >= 0.6 is 12.4 Å². The molecule has 0 aromatic heterocycles. The van der Waals surface area contributed by atoms with Crippen molar-refractivity contribution in [1.29, 1.82) is 0 Å². The summed E-state index contributed by atoms with van der Waals surface area (Å²) in [6.45, 7) is 5.47. The fourth-order valence-corrected chi connectivity index (χ4v) is 0.553. The maximum atomic E-state index is 4.94. The highest BCUT2D eigenvalue weighted by Crippen LogP contribution is 1.70. The van der Waals surface area contributed by atoms with Crippen molar-refractivity contribution in [2.75, 3.05) is 13.2 Å². The smallest absolute Gasteiger partial charge is 0.484 e. The highest BCUT2D eigenvalue weighted by Gasteiger charge is 1.89. The van der Waals surface area contributed by atoms with Crippen LogP contribution in [0.5, 0.6) is 0 Å². The highest BCUT2D eigenvalue weighted by molar-refractivity contribution is 6.17. The van der Waals surface area contributed by atoms with Gasteiger partial charge in [-0.2, -0.15) is 0 Å². The Balaban J connectivity index is 0. The Kier molecular flexibility index (Phi) is 15.4. The molecule has 0 bridgehead atoms. The molecule has 0 aliphatic rings. The second-order valence-corrected chi connectivity index (χ2v) is 1.87. The Morgan fingerprint density at radius 3 is 1.75 bits per heavy atom. The van der Waals surface area contributed by atoms with Crippen LogP contribution in [-0.4, -0.2) is 29.1 Å². The predicted molar refractivity (Wildman–Crippen MR) is 36.3 cm³/mol. The first kappa shape index (κ1) is 11.5. The summed E-state index contributed by atoms with van der Waals surface area (Å²) in [5.74, 6) is 0. The second kappa shape index (κ2) is 10.7. The van der Waals surface area contributed by atoms with E-state index in [4.69, 9.17) is 7.58 Å². The van der Waals surface area contributed by atoms with Gasteiger partial charge in [0.1, 0.15) is 0 Å². The molecule has 0 rings (SSSR count). The topological polar surface area (TPSA) is 18.5 Å². The molecular formula is C4H11AlClO2. The van der Waals surface area contributed by atoms with Gasteiger partial charge in [-0.15, -0.1) is 12.4 Å². The summed E-state index contributed by atoms with van der Waals surface area (Å²) in [5, 5.41) is 0. The van der Waals surface area contributed by atoms with Crippen LogP contribution in [0.4, 0.5) is 0 Å². The van der Waals surface area contributed by atoms with E-state index in [1.165, 1.54) is 0 Å². The lowest BCUT2D eigenvalue weighted by atomic mass is 10.9. The van der Waals surface area contributed by atoms with Crippen LogP contribution in [-0.2, 0) is 7.58 Å². The quantitative estimate of drug-likeness (QED) is 0.444. The molecule has 0 aromatic carbocycles. The van der Waals surface area contributed by atoms with Crippen molar-refractivity contribution in [1.82, 2.24) is 0 Å². The molecule has 49 valence electrons. The molecule has 0 heterocycles. The molecule has 2 nitrogen and oxygen atoms in total. The van der Waals surface area contributed by atoms with Crippen molar-refractivity contribution >= 4 is 28.3 Å². The van der Waals surface area contributed by atoms with Crippen molar-refractivity contribution in [2.45, 2.75) is 13.8 Å². The van der Waals surface area contributed by atoms with Crippen molar-refractivity contribution in [3.05, 3.63) is 0 Å². The zero-order valence-corrected chi connectivity index (χ0v) is 7.19. The van der Waals surface area contributed by atoms with Crippen LogP contribution in [0.3, 0.4) is 0 Å². The van der Waals surface area contributed by atoms with E-state index in [-0.39, 0.29) is 28.3 Å². The molecule has 0 unspecified atom stereocenters. The fraction of sp³-hybridized carbons (Fsp3) is 1.00. The zero-order valence-electron chi connectivity index (χ0n) is 5.22. The van der Waals surface area contributed by atoms with Gasteiger partial charge in [0.15, 0.2) is 0 Å². The molecule has 1 radical (unpaired) electrons. The van der Waals surface area contributed by atoms with Gasteiger partial charge in [-0.25, -0.2) is 0 Å². The maximum Gasteiger partial charge on any atom is 0.668 e. The second-order valence-electron chi connectivity index (χ2n) is 1.01. The van der Waals surface area contributed by atoms with Gasteiger partial charge in [-0.05, 0) is 13.8 Å². The van der Waals surface area contributed by atoms with Gasteiger partial charge in [-0.1, -0.05) is 0 Å². The molecule has 0 spiro atoms. The summed E-state index contributed by atoms with van der Waals surface area (Å²) < 4.78 is 9.87. The van der Waals surface area contributed by atoms with E-state index in [0.29, 0.717) is 0 Å². The first-order valence-corrected chi connectivity index (χ1v) is 3.41. The largest absolute Gasteiger partial charge is 0.668 e. The summed E-state index contributed by atoms with van der Waals surface area (Å²) >= 11 is -0.178. The molecule has 0 amide bonds. The average Bonchev–Trinajstić information content (AvgIpc) is 1.69. The molecule has 0 fully saturated rings. The molecule has 8 heavy (non-hydrogen) atoms. The van der Waals surface area contributed by atoms with Crippen molar-refractivity contribution in [2.24, 2.45) is 0 Å². The minimum absolute atomic E-state index is 0. The minimum atomic E-state index is -0.178. The zero-order chi connectivity index (χ0) is 5.54. The number of halogens is 1. The first-order valence-electron chi connectivity index (χ1n) is 2.46. The normalized spacial score (nSPS) is 7.75. The van der Waals surface area contributed by atoms with Gasteiger partial charge in [-0.3, -0.25) is 0 Å². The van der Waals surface area contributed by atoms with Crippen LogP contribution < -0.4 is 0 Å². The van der Waals surface area contributed by atoms with Crippen LogP contribution in [0, 0.1) is 0 Å². The lowest BCUT2D eigenvalue weighted by Crippen LogP contribution is -2.02. The van der Waals surface area contributed by atoms with E-state index < -0.39 is 0 Å². The van der Waals surface area contributed by atoms with E-state index in [0.717, 1.165) is 13.2 Å². The van der Waals surface area contributed by atoms with E-state index >= 15 is 0 Å². The van der Waals surface area contributed by atoms with Crippen LogP contribution in [0.1, 0.15) is 13.8 Å². The summed E-state index contributed by atoms with van der Waals surface area (Å²) in [6, 6.07) is 0. The number of rotatable bonds is 4. The summed E-state index contributed by atoms with van der Waals surface area (Å²) in [5.41, 5.74) is 0. The first-order chi connectivity index (χ1) is 3.41. The molecular weight excluding hydrogens is 142 g/mol. The lowest BCUT2D eigenvalue weighted by Gasteiger charge is -1.95. The van der Waals surface area contributed by atoms with Gasteiger partial charge < -0.3 is 7.58 Å². The van der Waals surface area contributed by atoms with Gasteiger partial charge in [0.25, 0.3) is 0 Å². The highest BCUT2D eigenvalue weighted by atomic mass is 35.5. The minimum Gasteiger partial charge on any atom is -0.484 e. The average molecular weight is 154 g/mol. The molecule has 0 saturated heterocycles. The molecule has 0 aliphatic heterocycles. The van der Waals surface area contributed by atoms with Gasteiger partial charge in [0.2, 0.25) is 0 Å². The van der Waals surface area contributed by atoms with E-state index in [1.54, 1.807) is 0 Å². The Morgan fingerprint density at radius 1 is 1.12 bits per heavy atom. The summed E-state index contributed by atoms with van der Waals surface area (Å²) in [6.07, 6.45) is 0. The number of hydrogen-bond donors (Lipinski definition) is 0. The summed E-state index contributed by atoms with van der Waals surface area (Å²) in [4.78, 5) is 0. The molecule has 0 N–H and O–H groups in total. The van der Waals surface area contributed by atoms with Crippen LogP contribution in [0.25, 0.3) is 0 Å². The van der Waals surface area contributed by atoms with Crippen molar-refractivity contribution in [3.63, 3.8) is 0 Å². The van der Waals surface area contributed by atoms with E-state index in [9.17, 15) is 0 Å². The predicted octanol–water partition coefficient (Wildman–Crippen LogP) is 1.02. The molecule has 0 aromatic rings. The van der Waals surface area contributed by atoms with Gasteiger partial charge >= 0.3 is 15.9 Å². The third-order valence-corrected chi connectivity index (χ3v) is 1.41. The Morgan fingerprint density at radius 2 is 1.50 bits per heavy atom. The Bertz CT molecular complexity index is 33.2. The third-order valence-electron chi connectivity index (χ3n) is 0.469. The standard InChI is InChI=1S/2C2H5O.Al.ClH/c2*1-2-3;;/h2*2H2,1H3;;1H/q2*-1;+2;. The maximum absolute atomic E-state index is 4.94.